The fourth-order valence-electron chi connectivity index (χ4n) is 1.24. The van der Waals surface area contributed by atoms with Crippen LogP contribution in [-0.4, -0.2) is 38.6 Å². The Balaban J connectivity index is 2.44. The van der Waals surface area contributed by atoms with E-state index in [1.54, 1.807) is 0 Å². The highest BCUT2D eigenvalue weighted by atomic mass is 19.4. The number of ether oxygens (including phenoxy) is 3. The predicted molar refractivity (Wildman–Crippen MR) is 64.6 cm³/mol. The maximum atomic E-state index is 11.9. The largest absolute Gasteiger partial charge is 0.573 e. The molecule has 6 nitrogen and oxygen atoms in total. The molecule has 1 amide bonds. The van der Waals surface area contributed by atoms with Gasteiger partial charge >= 0.3 is 12.3 Å². The second kappa shape index (κ2) is 7.48. The van der Waals surface area contributed by atoms with Crippen LogP contribution in [0.4, 0.5) is 18.9 Å². The third-order valence-corrected chi connectivity index (χ3v) is 2.00. The molecule has 0 aromatic heterocycles. The Hall–Kier alpha value is -2.29. The Morgan fingerprint density at radius 1 is 1.14 bits per heavy atom. The standard InChI is InChI=1S/C12H12F3NO5/c1-19-7-11(18)20-6-10(17)16-8-2-4-9(5-3-8)21-12(13,14)15/h2-5H,6-7H2,1H3,(H,16,17). The van der Waals surface area contributed by atoms with Crippen molar-refractivity contribution in [1.29, 1.82) is 0 Å². The molecule has 0 atom stereocenters. The molecular weight excluding hydrogens is 295 g/mol. The van der Waals surface area contributed by atoms with E-state index in [0.29, 0.717) is 0 Å². The summed E-state index contributed by atoms with van der Waals surface area (Å²) in [5.74, 6) is -1.75. The summed E-state index contributed by atoms with van der Waals surface area (Å²) in [6.45, 7) is -0.806. The van der Waals surface area contributed by atoms with Crippen molar-refractivity contribution >= 4 is 17.6 Å². The summed E-state index contributed by atoms with van der Waals surface area (Å²) in [5, 5.41) is 2.34. The fraction of sp³-hybridized carbons (Fsp3) is 0.333. The normalized spacial score (nSPS) is 10.9. The van der Waals surface area contributed by atoms with Gasteiger partial charge in [-0.2, -0.15) is 0 Å². The Bertz CT molecular complexity index is 487. The zero-order valence-electron chi connectivity index (χ0n) is 10.9. The van der Waals surface area contributed by atoms with Crippen LogP contribution in [0.25, 0.3) is 0 Å². The van der Waals surface area contributed by atoms with Gasteiger partial charge in [-0.25, -0.2) is 4.79 Å². The molecule has 0 aliphatic heterocycles. The number of carbonyl (C=O) groups is 2. The number of halogens is 3. The number of methoxy groups -OCH3 is 1. The van der Waals surface area contributed by atoms with E-state index in [9.17, 15) is 22.8 Å². The van der Waals surface area contributed by atoms with Crippen LogP contribution >= 0.6 is 0 Å². The van der Waals surface area contributed by atoms with Gasteiger partial charge in [0.2, 0.25) is 0 Å². The lowest BCUT2D eigenvalue weighted by Gasteiger charge is -2.10. The first kappa shape index (κ1) is 16.8. The van der Waals surface area contributed by atoms with Crippen LogP contribution in [0.5, 0.6) is 5.75 Å². The zero-order chi connectivity index (χ0) is 15.9. The highest BCUT2D eigenvalue weighted by Gasteiger charge is 2.30. The average Bonchev–Trinajstić information content (AvgIpc) is 2.37. The van der Waals surface area contributed by atoms with Gasteiger partial charge in [0.15, 0.2) is 6.61 Å². The van der Waals surface area contributed by atoms with Crippen LogP contribution in [0.15, 0.2) is 24.3 Å². The molecule has 21 heavy (non-hydrogen) atoms. The van der Waals surface area contributed by atoms with E-state index in [4.69, 9.17) is 0 Å². The van der Waals surface area contributed by atoms with Crippen molar-refractivity contribution in [2.24, 2.45) is 0 Å². The Kier molecular flexibility index (Phi) is 5.97. The molecule has 0 bridgehead atoms. The first-order chi connectivity index (χ1) is 9.80. The van der Waals surface area contributed by atoms with E-state index >= 15 is 0 Å². The first-order valence-corrected chi connectivity index (χ1v) is 5.60. The third kappa shape index (κ3) is 7.16. The second-order valence-electron chi connectivity index (χ2n) is 3.71. The van der Waals surface area contributed by atoms with E-state index in [1.807, 2.05) is 0 Å². The topological polar surface area (TPSA) is 73.9 Å². The van der Waals surface area contributed by atoms with Gasteiger partial charge < -0.3 is 19.5 Å². The van der Waals surface area contributed by atoms with Gasteiger partial charge in [0.05, 0.1) is 0 Å². The monoisotopic (exact) mass is 307 g/mol. The quantitative estimate of drug-likeness (QED) is 0.810. The smallest absolute Gasteiger partial charge is 0.454 e. The molecule has 0 aliphatic rings. The fourth-order valence-corrected chi connectivity index (χ4v) is 1.24. The van der Waals surface area contributed by atoms with Crippen LogP contribution in [0.2, 0.25) is 0 Å². The van der Waals surface area contributed by atoms with Gasteiger partial charge in [-0.05, 0) is 24.3 Å². The van der Waals surface area contributed by atoms with Gasteiger partial charge in [-0.3, -0.25) is 4.79 Å². The molecule has 0 heterocycles. The molecule has 0 radical (unpaired) electrons. The minimum atomic E-state index is -4.78. The number of esters is 1. The summed E-state index contributed by atoms with van der Waals surface area (Å²) < 4.78 is 48.5. The summed E-state index contributed by atoms with van der Waals surface area (Å²) in [7, 11) is 1.30. The van der Waals surface area contributed by atoms with Gasteiger partial charge in [0.1, 0.15) is 12.4 Å². The molecule has 0 fully saturated rings. The summed E-state index contributed by atoms with van der Waals surface area (Å²) in [5.41, 5.74) is 0.234. The van der Waals surface area contributed by atoms with Crippen molar-refractivity contribution < 1.29 is 37.0 Å². The first-order valence-electron chi connectivity index (χ1n) is 5.60. The third-order valence-electron chi connectivity index (χ3n) is 2.00. The molecule has 9 heteroatoms. The highest BCUT2D eigenvalue weighted by molar-refractivity contribution is 5.92. The number of anilines is 1. The van der Waals surface area contributed by atoms with Crippen LogP contribution in [0, 0.1) is 0 Å². The van der Waals surface area contributed by atoms with Gasteiger partial charge in [0.25, 0.3) is 5.91 Å². The summed E-state index contributed by atoms with van der Waals surface area (Å²) in [6, 6.07) is 4.52. The van der Waals surface area contributed by atoms with Crippen LogP contribution in [-0.2, 0) is 19.1 Å². The van der Waals surface area contributed by atoms with Crippen molar-refractivity contribution in [3.63, 3.8) is 0 Å². The van der Waals surface area contributed by atoms with Crippen molar-refractivity contribution in [2.45, 2.75) is 6.36 Å². The summed E-state index contributed by atoms with van der Waals surface area (Å²) in [6.07, 6.45) is -4.78. The lowest BCUT2D eigenvalue weighted by atomic mass is 10.3. The summed E-state index contributed by atoms with van der Waals surface area (Å²) >= 11 is 0. The molecule has 0 aliphatic carbocycles. The molecule has 1 aromatic rings. The molecular formula is C12H12F3NO5. The highest BCUT2D eigenvalue weighted by Crippen LogP contribution is 2.23. The number of alkyl halides is 3. The van der Waals surface area contributed by atoms with Crippen molar-refractivity contribution in [3.8, 4) is 5.75 Å². The van der Waals surface area contributed by atoms with Gasteiger partial charge in [0, 0.05) is 12.8 Å². The van der Waals surface area contributed by atoms with E-state index < -0.39 is 30.6 Å². The molecule has 1 N–H and O–H groups in total. The lowest BCUT2D eigenvalue weighted by molar-refractivity contribution is -0.274. The maximum absolute atomic E-state index is 11.9. The number of hydrogen-bond acceptors (Lipinski definition) is 5. The second-order valence-corrected chi connectivity index (χ2v) is 3.71. The lowest BCUT2D eigenvalue weighted by Crippen LogP contribution is -2.22. The SMILES string of the molecule is COCC(=O)OCC(=O)Nc1ccc(OC(F)(F)F)cc1. The minimum absolute atomic E-state index is 0.234. The van der Waals surface area contributed by atoms with E-state index in [0.717, 1.165) is 12.1 Å². The van der Waals surface area contributed by atoms with Gasteiger partial charge in [-0.1, -0.05) is 0 Å². The molecule has 116 valence electrons. The van der Waals surface area contributed by atoms with Crippen molar-refractivity contribution in [3.05, 3.63) is 24.3 Å². The molecule has 1 rings (SSSR count). The van der Waals surface area contributed by atoms with Crippen LogP contribution in [0.3, 0.4) is 0 Å². The molecule has 0 saturated heterocycles. The summed E-state index contributed by atoms with van der Waals surface area (Å²) in [4.78, 5) is 22.3. The predicted octanol–water partition coefficient (Wildman–Crippen LogP) is 1.71. The average molecular weight is 307 g/mol. The molecule has 0 unspecified atom stereocenters. The Labute approximate surface area is 117 Å². The molecule has 0 saturated carbocycles. The number of carbonyl (C=O) groups excluding carboxylic acids is 2. The van der Waals surface area contributed by atoms with E-state index in [1.165, 1.54) is 19.2 Å². The Morgan fingerprint density at radius 3 is 2.29 bits per heavy atom. The van der Waals surface area contributed by atoms with Gasteiger partial charge in [-0.15, -0.1) is 13.2 Å². The Morgan fingerprint density at radius 2 is 1.76 bits per heavy atom. The van der Waals surface area contributed by atoms with E-state index in [-0.39, 0.29) is 12.3 Å². The minimum Gasteiger partial charge on any atom is -0.454 e. The number of nitrogens with one attached hydrogen (secondary N) is 1. The van der Waals surface area contributed by atoms with Crippen LogP contribution < -0.4 is 10.1 Å². The van der Waals surface area contributed by atoms with Crippen molar-refractivity contribution in [1.82, 2.24) is 0 Å². The van der Waals surface area contributed by atoms with Crippen LogP contribution in [0.1, 0.15) is 0 Å². The molecule has 1 aromatic carbocycles. The number of hydrogen-bond donors (Lipinski definition) is 1. The number of rotatable bonds is 6. The number of benzene rings is 1. The van der Waals surface area contributed by atoms with Crippen molar-refractivity contribution in [2.75, 3.05) is 25.6 Å². The zero-order valence-corrected chi connectivity index (χ0v) is 10.9. The maximum Gasteiger partial charge on any atom is 0.573 e. The number of amides is 1. The molecule has 0 spiro atoms. The van der Waals surface area contributed by atoms with E-state index in [2.05, 4.69) is 19.5 Å².